The number of aromatic nitrogens is 2. The van der Waals surface area contributed by atoms with Gasteiger partial charge >= 0.3 is 0 Å². The number of halogens is 1. The molecule has 0 atom stereocenters. The minimum absolute atomic E-state index is 0.265. The van der Waals surface area contributed by atoms with Crippen molar-refractivity contribution in [2.75, 3.05) is 18.0 Å². The van der Waals surface area contributed by atoms with Crippen LogP contribution >= 0.6 is 11.6 Å². The Kier molecular flexibility index (Phi) is 5.72. The number of hydrogen-bond donors (Lipinski definition) is 1. The highest BCUT2D eigenvalue weighted by molar-refractivity contribution is 6.31. The number of anilines is 1. The Hall–Kier alpha value is -2.14. The molecule has 22 heavy (non-hydrogen) atoms. The Morgan fingerprint density at radius 2 is 1.86 bits per heavy atom. The summed E-state index contributed by atoms with van der Waals surface area (Å²) in [7, 11) is 0. The molecule has 1 amide bonds. The van der Waals surface area contributed by atoms with Crippen LogP contribution in [-0.4, -0.2) is 29.2 Å². The van der Waals surface area contributed by atoms with Crippen LogP contribution in [0.25, 0.3) is 0 Å². The van der Waals surface area contributed by atoms with Crippen molar-refractivity contribution in [3.05, 3.63) is 52.7 Å². The maximum atomic E-state index is 12.1. The Labute approximate surface area is 135 Å². The minimum atomic E-state index is -0.265. The minimum Gasteiger partial charge on any atom is -0.356 e. The van der Waals surface area contributed by atoms with Gasteiger partial charge in [-0.05, 0) is 37.6 Å². The smallest absolute Gasteiger partial charge is 0.272 e. The SMILES string of the molecule is CCN(CC)c1ccc(C(=O)NCc2ccccc2Cl)nn1. The molecule has 6 heteroatoms. The van der Waals surface area contributed by atoms with Gasteiger partial charge in [-0.25, -0.2) is 0 Å². The van der Waals surface area contributed by atoms with Gasteiger partial charge in [0.25, 0.3) is 5.91 Å². The zero-order valence-corrected chi connectivity index (χ0v) is 13.5. The van der Waals surface area contributed by atoms with E-state index >= 15 is 0 Å². The van der Waals surface area contributed by atoms with Crippen LogP contribution in [0.15, 0.2) is 36.4 Å². The number of carbonyl (C=O) groups excluding carboxylic acids is 1. The standard InChI is InChI=1S/C16H19ClN4O/c1-3-21(4-2)15-10-9-14(19-20-15)16(22)18-11-12-7-5-6-8-13(12)17/h5-10H,3-4,11H2,1-2H3,(H,18,22). The lowest BCUT2D eigenvalue weighted by atomic mass is 10.2. The normalized spacial score (nSPS) is 10.3. The van der Waals surface area contributed by atoms with E-state index in [9.17, 15) is 4.79 Å². The molecule has 0 radical (unpaired) electrons. The predicted octanol–water partition coefficient (Wildman–Crippen LogP) is 2.91. The molecule has 1 N–H and O–H groups in total. The van der Waals surface area contributed by atoms with Gasteiger partial charge < -0.3 is 10.2 Å². The van der Waals surface area contributed by atoms with Crippen LogP contribution in [0.5, 0.6) is 0 Å². The first-order chi connectivity index (χ1) is 10.7. The topological polar surface area (TPSA) is 58.1 Å². The number of amides is 1. The quantitative estimate of drug-likeness (QED) is 0.889. The highest BCUT2D eigenvalue weighted by Gasteiger charge is 2.10. The molecule has 0 saturated heterocycles. The molecule has 0 spiro atoms. The van der Waals surface area contributed by atoms with E-state index in [-0.39, 0.29) is 5.91 Å². The van der Waals surface area contributed by atoms with Crippen molar-refractivity contribution in [2.24, 2.45) is 0 Å². The molecular formula is C16H19ClN4O. The summed E-state index contributed by atoms with van der Waals surface area (Å²) >= 11 is 6.06. The number of rotatable bonds is 6. The van der Waals surface area contributed by atoms with E-state index < -0.39 is 0 Å². The van der Waals surface area contributed by atoms with Crippen molar-refractivity contribution in [1.29, 1.82) is 0 Å². The van der Waals surface area contributed by atoms with E-state index in [2.05, 4.69) is 34.3 Å². The van der Waals surface area contributed by atoms with E-state index in [4.69, 9.17) is 11.6 Å². The summed E-state index contributed by atoms with van der Waals surface area (Å²) in [4.78, 5) is 14.1. The highest BCUT2D eigenvalue weighted by atomic mass is 35.5. The van der Waals surface area contributed by atoms with Gasteiger partial charge in [0.1, 0.15) is 0 Å². The second-order valence-electron chi connectivity index (χ2n) is 4.72. The first-order valence-electron chi connectivity index (χ1n) is 7.26. The predicted molar refractivity (Wildman–Crippen MR) is 88.2 cm³/mol. The van der Waals surface area contributed by atoms with Crippen molar-refractivity contribution in [3.63, 3.8) is 0 Å². The maximum Gasteiger partial charge on any atom is 0.272 e. The van der Waals surface area contributed by atoms with E-state index in [0.717, 1.165) is 24.5 Å². The Morgan fingerprint density at radius 3 is 2.45 bits per heavy atom. The molecule has 1 aromatic carbocycles. The number of carbonyl (C=O) groups is 1. The van der Waals surface area contributed by atoms with E-state index in [0.29, 0.717) is 17.3 Å². The van der Waals surface area contributed by atoms with Crippen LogP contribution in [0.2, 0.25) is 5.02 Å². The van der Waals surface area contributed by atoms with Gasteiger partial charge in [-0.1, -0.05) is 29.8 Å². The average Bonchev–Trinajstić information content (AvgIpc) is 2.55. The molecule has 0 aliphatic carbocycles. The molecule has 0 aliphatic rings. The third-order valence-corrected chi connectivity index (χ3v) is 3.74. The van der Waals surface area contributed by atoms with Crippen LogP contribution in [0.4, 0.5) is 5.82 Å². The average molecular weight is 319 g/mol. The first-order valence-corrected chi connectivity index (χ1v) is 7.63. The summed E-state index contributed by atoms with van der Waals surface area (Å²) in [6, 6.07) is 10.9. The number of benzene rings is 1. The molecule has 2 aromatic rings. The summed E-state index contributed by atoms with van der Waals surface area (Å²) in [6.45, 7) is 6.16. The summed E-state index contributed by atoms with van der Waals surface area (Å²) in [5, 5.41) is 11.5. The van der Waals surface area contributed by atoms with Crippen LogP contribution in [-0.2, 0) is 6.54 Å². The fourth-order valence-corrected chi connectivity index (χ4v) is 2.27. The second kappa shape index (κ2) is 7.75. The number of nitrogens with zero attached hydrogens (tertiary/aromatic N) is 3. The summed E-state index contributed by atoms with van der Waals surface area (Å²) in [5.41, 5.74) is 1.16. The molecule has 116 valence electrons. The lowest BCUT2D eigenvalue weighted by Gasteiger charge is -2.18. The van der Waals surface area contributed by atoms with Crippen LogP contribution in [0.1, 0.15) is 29.9 Å². The number of nitrogens with one attached hydrogen (secondary N) is 1. The fourth-order valence-electron chi connectivity index (χ4n) is 2.07. The third kappa shape index (κ3) is 3.95. The maximum absolute atomic E-state index is 12.1. The van der Waals surface area contributed by atoms with E-state index in [1.807, 2.05) is 24.3 Å². The van der Waals surface area contributed by atoms with Gasteiger partial charge in [0.2, 0.25) is 0 Å². The van der Waals surface area contributed by atoms with Gasteiger partial charge in [0.05, 0.1) is 0 Å². The van der Waals surface area contributed by atoms with Crippen molar-refractivity contribution in [3.8, 4) is 0 Å². The molecule has 0 fully saturated rings. The summed E-state index contributed by atoms with van der Waals surface area (Å²) in [6.07, 6.45) is 0. The Balaban J connectivity index is 2.00. The molecule has 0 aliphatic heterocycles. The highest BCUT2D eigenvalue weighted by Crippen LogP contribution is 2.14. The molecule has 0 bridgehead atoms. The van der Waals surface area contributed by atoms with E-state index in [1.54, 1.807) is 12.1 Å². The molecule has 0 saturated carbocycles. The van der Waals surface area contributed by atoms with E-state index in [1.165, 1.54) is 0 Å². The second-order valence-corrected chi connectivity index (χ2v) is 5.13. The Morgan fingerprint density at radius 1 is 1.14 bits per heavy atom. The fraction of sp³-hybridized carbons (Fsp3) is 0.312. The van der Waals surface area contributed by atoms with Gasteiger partial charge in [0, 0.05) is 24.7 Å². The van der Waals surface area contributed by atoms with Crippen molar-refractivity contribution < 1.29 is 4.79 Å². The first kappa shape index (κ1) is 16.2. The largest absolute Gasteiger partial charge is 0.356 e. The molecular weight excluding hydrogens is 300 g/mol. The van der Waals surface area contributed by atoms with Gasteiger partial charge in [-0.3, -0.25) is 4.79 Å². The van der Waals surface area contributed by atoms with Crippen molar-refractivity contribution in [1.82, 2.24) is 15.5 Å². The van der Waals surface area contributed by atoms with Crippen LogP contribution in [0.3, 0.4) is 0 Å². The molecule has 1 heterocycles. The number of hydrogen-bond acceptors (Lipinski definition) is 4. The summed E-state index contributed by atoms with van der Waals surface area (Å²) in [5.74, 6) is 0.506. The zero-order chi connectivity index (χ0) is 15.9. The van der Waals surface area contributed by atoms with Gasteiger partial charge in [-0.15, -0.1) is 10.2 Å². The molecule has 1 aromatic heterocycles. The van der Waals surface area contributed by atoms with Crippen molar-refractivity contribution >= 4 is 23.3 Å². The van der Waals surface area contributed by atoms with Crippen LogP contribution < -0.4 is 10.2 Å². The van der Waals surface area contributed by atoms with Gasteiger partial charge in [0.15, 0.2) is 11.5 Å². The Bertz CT molecular complexity index is 626. The van der Waals surface area contributed by atoms with Gasteiger partial charge in [-0.2, -0.15) is 0 Å². The lowest BCUT2D eigenvalue weighted by molar-refractivity contribution is 0.0945. The summed E-state index contributed by atoms with van der Waals surface area (Å²) < 4.78 is 0. The van der Waals surface area contributed by atoms with Crippen molar-refractivity contribution in [2.45, 2.75) is 20.4 Å². The molecule has 0 unspecified atom stereocenters. The lowest BCUT2D eigenvalue weighted by Crippen LogP contribution is -2.26. The monoisotopic (exact) mass is 318 g/mol. The molecule has 2 rings (SSSR count). The van der Waals surface area contributed by atoms with Crippen LogP contribution in [0, 0.1) is 0 Å². The zero-order valence-electron chi connectivity index (χ0n) is 12.7. The molecule has 5 nitrogen and oxygen atoms in total. The third-order valence-electron chi connectivity index (χ3n) is 3.37.